The number of nitrogens with zero attached hydrogens (tertiary/aromatic N) is 2. The highest BCUT2D eigenvalue weighted by Gasteiger charge is 2.15. The van der Waals surface area contributed by atoms with Crippen molar-refractivity contribution in [3.63, 3.8) is 0 Å². The summed E-state index contributed by atoms with van der Waals surface area (Å²) in [7, 11) is 0. The number of hydrogen-bond donors (Lipinski definition) is 3. The number of anilines is 2. The van der Waals surface area contributed by atoms with Crippen LogP contribution >= 0.6 is 31.9 Å². The molecule has 1 heterocycles. The molecule has 0 atom stereocenters. The predicted molar refractivity (Wildman–Crippen MR) is 111 cm³/mol. The number of aromatic nitrogens is 2. The first-order chi connectivity index (χ1) is 12.5. The average Bonchev–Trinajstić information content (AvgIpc) is 2.94. The standard InChI is InChI=1S/C18H18Br2N4O2/c1-11-8-12(19)17(13(20)9-11)23-16(26)10-24-15-5-3-2-4-14(15)22-18(24)21-6-7-25/h2-5,8-9,25H,6-7,10H2,1H3,(H,21,22)(H,23,26). The summed E-state index contributed by atoms with van der Waals surface area (Å²) in [5.41, 5.74) is 3.41. The van der Waals surface area contributed by atoms with Crippen LogP contribution in [0.15, 0.2) is 45.3 Å². The lowest BCUT2D eigenvalue weighted by atomic mass is 10.2. The summed E-state index contributed by atoms with van der Waals surface area (Å²) < 4.78 is 3.43. The summed E-state index contributed by atoms with van der Waals surface area (Å²) in [6.45, 7) is 2.43. The Labute approximate surface area is 167 Å². The van der Waals surface area contributed by atoms with Gasteiger partial charge < -0.3 is 20.3 Å². The number of imidazole rings is 1. The van der Waals surface area contributed by atoms with Crippen molar-refractivity contribution >= 4 is 60.4 Å². The largest absolute Gasteiger partial charge is 0.395 e. The zero-order chi connectivity index (χ0) is 18.7. The van der Waals surface area contributed by atoms with Crippen LogP contribution in [0.25, 0.3) is 11.0 Å². The molecule has 0 bridgehead atoms. The van der Waals surface area contributed by atoms with Crippen LogP contribution in [0.1, 0.15) is 5.56 Å². The Morgan fingerprint density at radius 3 is 2.62 bits per heavy atom. The molecule has 0 saturated heterocycles. The lowest BCUT2D eigenvalue weighted by molar-refractivity contribution is -0.116. The van der Waals surface area contributed by atoms with Crippen molar-refractivity contribution in [2.45, 2.75) is 13.5 Å². The van der Waals surface area contributed by atoms with Gasteiger partial charge in [-0.2, -0.15) is 0 Å². The Hall–Kier alpha value is -1.90. The molecule has 3 aromatic rings. The molecule has 0 aliphatic carbocycles. The third-order valence-electron chi connectivity index (χ3n) is 3.80. The van der Waals surface area contributed by atoms with E-state index in [1.807, 2.05) is 43.3 Å². The molecule has 3 N–H and O–H groups in total. The number of benzene rings is 2. The van der Waals surface area contributed by atoms with Crippen LogP contribution in [0.4, 0.5) is 11.6 Å². The van der Waals surface area contributed by atoms with E-state index in [-0.39, 0.29) is 19.1 Å². The smallest absolute Gasteiger partial charge is 0.244 e. The van der Waals surface area contributed by atoms with E-state index in [4.69, 9.17) is 5.11 Å². The lowest BCUT2D eigenvalue weighted by Gasteiger charge is -2.13. The second kappa shape index (κ2) is 8.20. The number of carbonyl (C=O) groups is 1. The first-order valence-corrected chi connectivity index (χ1v) is 9.63. The number of para-hydroxylation sites is 2. The second-order valence-corrected chi connectivity index (χ2v) is 7.52. The van der Waals surface area contributed by atoms with Gasteiger partial charge in [-0.25, -0.2) is 4.98 Å². The minimum absolute atomic E-state index is 0.0152. The van der Waals surface area contributed by atoms with E-state index in [0.717, 1.165) is 25.5 Å². The molecule has 0 saturated carbocycles. The zero-order valence-electron chi connectivity index (χ0n) is 14.1. The normalized spacial score (nSPS) is 10.9. The van der Waals surface area contributed by atoms with Gasteiger partial charge in [0.2, 0.25) is 11.9 Å². The number of nitrogens with one attached hydrogen (secondary N) is 2. The van der Waals surface area contributed by atoms with Crippen LogP contribution in [-0.4, -0.2) is 33.7 Å². The Morgan fingerprint density at radius 2 is 1.92 bits per heavy atom. The maximum Gasteiger partial charge on any atom is 0.244 e. The summed E-state index contributed by atoms with van der Waals surface area (Å²) in [5.74, 6) is 0.378. The molecule has 8 heteroatoms. The second-order valence-electron chi connectivity index (χ2n) is 5.81. The first kappa shape index (κ1) is 18.9. The topological polar surface area (TPSA) is 79.2 Å². The fraction of sp³-hybridized carbons (Fsp3) is 0.222. The molecule has 0 aliphatic heterocycles. The van der Waals surface area contributed by atoms with Crippen molar-refractivity contribution in [2.75, 3.05) is 23.8 Å². The molecular weight excluding hydrogens is 464 g/mol. The number of carbonyl (C=O) groups excluding carboxylic acids is 1. The minimum Gasteiger partial charge on any atom is -0.395 e. The number of aryl methyl sites for hydroxylation is 1. The molecule has 3 rings (SSSR count). The molecular formula is C18H18Br2N4O2. The summed E-state index contributed by atoms with van der Waals surface area (Å²) in [6.07, 6.45) is 0. The van der Waals surface area contributed by atoms with Crippen LogP contribution in [0, 0.1) is 6.92 Å². The zero-order valence-corrected chi connectivity index (χ0v) is 17.3. The fourth-order valence-electron chi connectivity index (χ4n) is 2.68. The molecule has 0 fully saturated rings. The summed E-state index contributed by atoms with van der Waals surface area (Å²) >= 11 is 6.98. The van der Waals surface area contributed by atoms with Crippen LogP contribution in [0.5, 0.6) is 0 Å². The Balaban J connectivity index is 1.87. The van der Waals surface area contributed by atoms with E-state index < -0.39 is 0 Å². The number of amides is 1. The van der Waals surface area contributed by atoms with Crippen LogP contribution in [-0.2, 0) is 11.3 Å². The first-order valence-electron chi connectivity index (χ1n) is 8.05. The highest BCUT2D eigenvalue weighted by molar-refractivity contribution is 9.11. The van der Waals surface area contributed by atoms with Gasteiger partial charge >= 0.3 is 0 Å². The molecule has 136 valence electrons. The van der Waals surface area contributed by atoms with E-state index in [1.54, 1.807) is 4.57 Å². The number of rotatable bonds is 6. The van der Waals surface area contributed by atoms with Gasteiger partial charge in [-0.05, 0) is 68.6 Å². The number of aliphatic hydroxyl groups is 1. The maximum absolute atomic E-state index is 12.7. The average molecular weight is 482 g/mol. The Bertz CT molecular complexity index is 933. The third-order valence-corrected chi connectivity index (χ3v) is 5.05. The molecule has 26 heavy (non-hydrogen) atoms. The molecule has 6 nitrogen and oxygen atoms in total. The summed E-state index contributed by atoms with van der Waals surface area (Å²) in [6, 6.07) is 11.5. The van der Waals surface area contributed by atoms with Crippen LogP contribution < -0.4 is 10.6 Å². The van der Waals surface area contributed by atoms with Crippen molar-refractivity contribution in [3.05, 3.63) is 50.9 Å². The van der Waals surface area contributed by atoms with E-state index in [1.165, 1.54) is 0 Å². The fourth-order valence-corrected chi connectivity index (χ4v) is 4.29. The van der Waals surface area contributed by atoms with Gasteiger partial charge in [-0.1, -0.05) is 12.1 Å². The number of halogens is 2. The Kier molecular flexibility index (Phi) is 5.95. The SMILES string of the molecule is Cc1cc(Br)c(NC(=O)Cn2c(NCCO)nc3ccccc32)c(Br)c1. The predicted octanol–water partition coefficient (Wildman–Crippen LogP) is 3.91. The van der Waals surface area contributed by atoms with Crippen molar-refractivity contribution in [1.82, 2.24) is 9.55 Å². The molecule has 0 aliphatic rings. The summed E-state index contributed by atoms with van der Waals surface area (Å²) in [5, 5.41) is 15.1. The summed E-state index contributed by atoms with van der Waals surface area (Å²) in [4.78, 5) is 17.2. The van der Waals surface area contributed by atoms with E-state index >= 15 is 0 Å². The number of hydrogen-bond acceptors (Lipinski definition) is 4. The molecule has 2 aromatic carbocycles. The maximum atomic E-state index is 12.7. The van der Waals surface area contributed by atoms with E-state index in [9.17, 15) is 4.79 Å². The molecule has 0 spiro atoms. The minimum atomic E-state index is -0.176. The van der Waals surface area contributed by atoms with Crippen LogP contribution in [0.2, 0.25) is 0 Å². The number of fused-ring (bicyclic) bond motifs is 1. The van der Waals surface area contributed by atoms with Crippen molar-refractivity contribution < 1.29 is 9.90 Å². The highest BCUT2D eigenvalue weighted by atomic mass is 79.9. The Morgan fingerprint density at radius 1 is 1.23 bits per heavy atom. The monoisotopic (exact) mass is 480 g/mol. The van der Waals surface area contributed by atoms with E-state index in [2.05, 4.69) is 47.5 Å². The van der Waals surface area contributed by atoms with Gasteiger partial charge in [-0.3, -0.25) is 4.79 Å². The van der Waals surface area contributed by atoms with E-state index in [0.29, 0.717) is 18.2 Å². The van der Waals surface area contributed by atoms with Crippen molar-refractivity contribution in [2.24, 2.45) is 0 Å². The lowest BCUT2D eigenvalue weighted by Crippen LogP contribution is -2.21. The molecule has 1 aromatic heterocycles. The van der Waals surface area contributed by atoms with Gasteiger partial charge in [0.15, 0.2) is 0 Å². The molecule has 0 unspecified atom stereocenters. The quantitative estimate of drug-likeness (QED) is 0.498. The van der Waals surface area contributed by atoms with Gasteiger partial charge in [0.05, 0.1) is 23.3 Å². The van der Waals surface area contributed by atoms with Crippen molar-refractivity contribution in [3.8, 4) is 0 Å². The van der Waals surface area contributed by atoms with Crippen LogP contribution in [0.3, 0.4) is 0 Å². The van der Waals surface area contributed by atoms with Gasteiger partial charge in [0.1, 0.15) is 6.54 Å². The third kappa shape index (κ3) is 4.08. The molecule has 0 radical (unpaired) electrons. The van der Waals surface area contributed by atoms with Gasteiger partial charge in [0.25, 0.3) is 0 Å². The van der Waals surface area contributed by atoms with Gasteiger partial charge in [0, 0.05) is 15.5 Å². The number of aliphatic hydroxyl groups excluding tert-OH is 1. The van der Waals surface area contributed by atoms with Crippen molar-refractivity contribution in [1.29, 1.82) is 0 Å². The molecule has 1 amide bonds. The van der Waals surface area contributed by atoms with Gasteiger partial charge in [-0.15, -0.1) is 0 Å². The highest BCUT2D eigenvalue weighted by Crippen LogP contribution is 2.32.